The van der Waals surface area contributed by atoms with E-state index in [1.807, 2.05) is 23.1 Å². The van der Waals surface area contributed by atoms with Gasteiger partial charge in [-0.1, -0.05) is 62.4 Å². The maximum Gasteiger partial charge on any atom is 0.327 e. The Hall–Kier alpha value is -1.84. The summed E-state index contributed by atoms with van der Waals surface area (Å²) in [5.74, 6) is 0.128. The van der Waals surface area contributed by atoms with E-state index in [2.05, 4.69) is 12.1 Å². The monoisotopic (exact) mass is 340 g/mol. The van der Waals surface area contributed by atoms with Gasteiger partial charge in [0.05, 0.1) is 5.92 Å². The maximum absolute atomic E-state index is 13.3. The number of rotatable bonds is 3. The zero-order valence-corrected chi connectivity index (χ0v) is 14.9. The van der Waals surface area contributed by atoms with Crippen molar-refractivity contribution in [3.8, 4) is 0 Å². The third-order valence-electron chi connectivity index (χ3n) is 6.27. The van der Waals surface area contributed by atoms with Crippen LogP contribution >= 0.6 is 0 Å². The molecule has 2 unspecified atom stereocenters. The van der Waals surface area contributed by atoms with Gasteiger partial charge in [0.25, 0.3) is 0 Å². The van der Waals surface area contributed by atoms with Crippen molar-refractivity contribution in [2.45, 2.75) is 76.4 Å². The predicted octanol–water partition coefficient (Wildman–Crippen LogP) is 4.34. The number of carbonyl (C=O) groups excluding carboxylic acids is 2. The average Bonchev–Trinajstić information content (AvgIpc) is 2.67. The summed E-state index contributed by atoms with van der Waals surface area (Å²) in [4.78, 5) is 30.1. The Labute approximate surface area is 150 Å². The van der Waals surface area contributed by atoms with E-state index < -0.39 is 0 Å². The third-order valence-corrected chi connectivity index (χ3v) is 6.27. The van der Waals surface area contributed by atoms with E-state index in [4.69, 9.17) is 0 Å². The van der Waals surface area contributed by atoms with E-state index in [0.29, 0.717) is 6.54 Å². The molecular formula is C21H28N2O2. The van der Waals surface area contributed by atoms with Crippen LogP contribution in [0.5, 0.6) is 0 Å². The smallest absolute Gasteiger partial charge is 0.316 e. The first kappa shape index (κ1) is 16.6. The molecule has 1 aliphatic heterocycles. The number of hydrogen-bond donors (Lipinski definition) is 0. The molecule has 4 rings (SSSR count). The van der Waals surface area contributed by atoms with Crippen molar-refractivity contribution in [2.75, 3.05) is 0 Å². The van der Waals surface area contributed by atoms with Gasteiger partial charge in [-0.25, -0.2) is 4.79 Å². The van der Waals surface area contributed by atoms with E-state index in [9.17, 15) is 9.59 Å². The summed E-state index contributed by atoms with van der Waals surface area (Å²) in [7, 11) is 0. The number of fused-ring (bicyclic) bond motifs is 1. The van der Waals surface area contributed by atoms with Crippen LogP contribution in [-0.2, 0) is 11.3 Å². The highest BCUT2D eigenvalue weighted by atomic mass is 16.2. The molecule has 4 heteroatoms. The van der Waals surface area contributed by atoms with Crippen LogP contribution in [0, 0.1) is 5.92 Å². The van der Waals surface area contributed by atoms with Gasteiger partial charge < -0.3 is 4.90 Å². The minimum Gasteiger partial charge on any atom is -0.316 e. The summed E-state index contributed by atoms with van der Waals surface area (Å²) in [6.07, 6.45) is 9.59. The number of carbonyl (C=O) groups is 2. The summed E-state index contributed by atoms with van der Waals surface area (Å²) in [6, 6.07) is 10.4. The average molecular weight is 340 g/mol. The van der Waals surface area contributed by atoms with Crippen LogP contribution in [0.1, 0.15) is 63.4 Å². The van der Waals surface area contributed by atoms with Gasteiger partial charge in [0.1, 0.15) is 0 Å². The van der Waals surface area contributed by atoms with Crippen LogP contribution in [-0.4, -0.2) is 33.8 Å². The maximum atomic E-state index is 13.3. The predicted molar refractivity (Wildman–Crippen MR) is 96.8 cm³/mol. The van der Waals surface area contributed by atoms with Crippen molar-refractivity contribution in [1.29, 1.82) is 0 Å². The molecule has 2 aliphatic carbocycles. The van der Waals surface area contributed by atoms with Crippen LogP contribution in [0.25, 0.3) is 0 Å². The number of nitrogens with zero attached hydrogens (tertiary/aromatic N) is 2. The SMILES string of the molecule is O=C1C2CCCCC2N(Cc2ccccc2)C(=O)N1C1CCCCC1. The lowest BCUT2D eigenvalue weighted by molar-refractivity contribution is -0.143. The standard InChI is InChI=1S/C21H28N2O2/c24-20-18-13-7-8-14-19(18)22(15-16-9-3-1-4-10-16)21(25)23(20)17-11-5-2-6-12-17/h1,3-4,9-10,17-19H,2,5-8,11-15H2. The molecule has 0 aromatic heterocycles. The first-order valence-corrected chi connectivity index (χ1v) is 9.93. The second kappa shape index (κ2) is 7.19. The van der Waals surface area contributed by atoms with Crippen molar-refractivity contribution in [2.24, 2.45) is 5.92 Å². The Balaban J connectivity index is 1.62. The zero-order valence-electron chi connectivity index (χ0n) is 14.9. The largest absolute Gasteiger partial charge is 0.327 e. The molecule has 134 valence electrons. The van der Waals surface area contributed by atoms with Crippen molar-refractivity contribution in [3.05, 3.63) is 35.9 Å². The summed E-state index contributed by atoms with van der Waals surface area (Å²) in [6.45, 7) is 0.622. The summed E-state index contributed by atoms with van der Waals surface area (Å²) < 4.78 is 0. The zero-order chi connectivity index (χ0) is 17.2. The van der Waals surface area contributed by atoms with E-state index in [1.165, 1.54) is 6.42 Å². The van der Waals surface area contributed by atoms with Gasteiger partial charge in [0.2, 0.25) is 5.91 Å². The molecule has 0 spiro atoms. The van der Waals surface area contributed by atoms with Gasteiger partial charge in [0.15, 0.2) is 0 Å². The van der Waals surface area contributed by atoms with Crippen LogP contribution in [0.3, 0.4) is 0 Å². The fourth-order valence-electron chi connectivity index (χ4n) is 4.97. The molecule has 3 amide bonds. The normalized spacial score (nSPS) is 28.2. The van der Waals surface area contributed by atoms with Gasteiger partial charge in [-0.2, -0.15) is 0 Å². The molecule has 0 N–H and O–H groups in total. The Bertz CT molecular complexity index is 624. The van der Waals surface area contributed by atoms with Gasteiger partial charge >= 0.3 is 6.03 Å². The summed E-state index contributed by atoms with van der Waals surface area (Å²) in [5.41, 5.74) is 1.15. The van der Waals surface area contributed by atoms with Crippen LogP contribution in [0.15, 0.2) is 30.3 Å². The van der Waals surface area contributed by atoms with Crippen LogP contribution in [0.2, 0.25) is 0 Å². The molecule has 0 radical (unpaired) electrons. The summed E-state index contributed by atoms with van der Waals surface area (Å²) in [5, 5.41) is 0. The molecule has 1 saturated heterocycles. The lowest BCUT2D eigenvalue weighted by Gasteiger charge is -2.49. The number of benzene rings is 1. The molecule has 0 bridgehead atoms. The van der Waals surface area contributed by atoms with E-state index in [1.54, 1.807) is 4.90 Å². The van der Waals surface area contributed by atoms with Crippen LogP contribution in [0.4, 0.5) is 4.79 Å². The van der Waals surface area contributed by atoms with Gasteiger partial charge in [-0.3, -0.25) is 9.69 Å². The highest BCUT2D eigenvalue weighted by molar-refractivity contribution is 5.99. The first-order valence-electron chi connectivity index (χ1n) is 9.93. The molecule has 3 fully saturated rings. The molecule has 4 nitrogen and oxygen atoms in total. The third kappa shape index (κ3) is 3.19. The lowest BCUT2D eigenvalue weighted by Crippen LogP contribution is -2.64. The van der Waals surface area contributed by atoms with Crippen molar-refractivity contribution in [3.63, 3.8) is 0 Å². The summed E-state index contributed by atoms with van der Waals surface area (Å²) >= 11 is 0. The Kier molecular flexibility index (Phi) is 4.78. The van der Waals surface area contributed by atoms with Crippen molar-refractivity contribution >= 4 is 11.9 Å². The number of amides is 3. The molecule has 2 atom stereocenters. The Morgan fingerprint density at radius 1 is 0.840 bits per heavy atom. The van der Waals surface area contributed by atoms with E-state index in [0.717, 1.165) is 56.9 Å². The van der Waals surface area contributed by atoms with Crippen LogP contribution < -0.4 is 0 Å². The second-order valence-corrected chi connectivity index (χ2v) is 7.85. The van der Waals surface area contributed by atoms with E-state index in [-0.39, 0.29) is 29.9 Å². The van der Waals surface area contributed by atoms with Crippen molar-refractivity contribution in [1.82, 2.24) is 9.80 Å². The quantitative estimate of drug-likeness (QED) is 0.821. The minimum atomic E-state index is -0.0381. The van der Waals surface area contributed by atoms with E-state index >= 15 is 0 Å². The molecule has 25 heavy (non-hydrogen) atoms. The molecule has 1 aromatic rings. The molecule has 3 aliphatic rings. The van der Waals surface area contributed by atoms with Gasteiger partial charge in [-0.05, 0) is 31.2 Å². The fourth-order valence-corrected chi connectivity index (χ4v) is 4.97. The second-order valence-electron chi connectivity index (χ2n) is 7.85. The topological polar surface area (TPSA) is 40.6 Å². The molecule has 2 saturated carbocycles. The van der Waals surface area contributed by atoms with Gasteiger partial charge in [-0.15, -0.1) is 0 Å². The molecule has 1 aromatic carbocycles. The Morgan fingerprint density at radius 3 is 2.28 bits per heavy atom. The Morgan fingerprint density at radius 2 is 1.52 bits per heavy atom. The first-order chi connectivity index (χ1) is 12.3. The van der Waals surface area contributed by atoms with Crippen molar-refractivity contribution < 1.29 is 9.59 Å². The molecular weight excluding hydrogens is 312 g/mol. The highest BCUT2D eigenvalue weighted by Crippen LogP contribution is 2.38. The van der Waals surface area contributed by atoms with Gasteiger partial charge in [0, 0.05) is 18.6 Å². The fraction of sp³-hybridized carbons (Fsp3) is 0.619. The lowest BCUT2D eigenvalue weighted by atomic mass is 9.80. The number of urea groups is 1. The molecule has 1 heterocycles. The number of hydrogen-bond acceptors (Lipinski definition) is 2. The highest BCUT2D eigenvalue weighted by Gasteiger charge is 2.48. The number of imide groups is 1. The minimum absolute atomic E-state index is 0.0112.